The number of aliphatic hydroxyl groups is 12. The van der Waals surface area contributed by atoms with Crippen LogP contribution < -0.4 is 0 Å². The summed E-state index contributed by atoms with van der Waals surface area (Å²) in [7, 11) is 0. The Morgan fingerprint density at radius 2 is 1.12 bits per heavy atom. The Balaban J connectivity index is 1.14. The normalized spacial score (nSPS) is 51.7. The summed E-state index contributed by atoms with van der Waals surface area (Å²) in [6.45, 7) is 14.5. The van der Waals surface area contributed by atoms with E-state index in [-0.39, 0.29) is 40.9 Å². The van der Waals surface area contributed by atoms with Gasteiger partial charge in [0.2, 0.25) is 0 Å². The van der Waals surface area contributed by atoms with E-state index in [1.54, 1.807) is 19.9 Å². The van der Waals surface area contributed by atoms with Gasteiger partial charge in [0.25, 0.3) is 0 Å². The highest BCUT2D eigenvalue weighted by molar-refractivity contribution is 5.21. The zero-order valence-electron chi connectivity index (χ0n) is 40.7. The first-order chi connectivity index (χ1) is 31.7. The molecular weight excluding hydrogens is 897 g/mol. The molecule has 20 heteroatoms. The molecule has 3 aliphatic heterocycles. The Morgan fingerprint density at radius 1 is 0.588 bits per heavy atom. The van der Waals surface area contributed by atoms with E-state index in [1.807, 2.05) is 13.0 Å². The Morgan fingerprint density at radius 3 is 1.69 bits per heavy atom. The standard InChI is InChI=1S/C48H82O20/c1-43(2,68-61)13-9-14-48(8,67-41-38(60)35(57)32(54)25(20-50)63-41)22-10-16-47(7)30(22)23(52)18-28-45(5)15-12-29(44(3,4)27(45)11-17-46(28,47)6)65-42-39(36(58)33(55)26(21-51)64-42)66-40-37(59)34(56)31(53)24(19-49)62-40/h9,13,22-42,49-61H,10-12,14-21H2,1-8H3/b13-9+/t22-,23+,24+,25+,26+,27+,28+,29-,30-,31+,32+,33+,34-,35-,36-,37+,38+,39+,40-,41-,42-,45-,46+,47+,48-/m0/s1. The minimum Gasteiger partial charge on any atom is -0.394 e. The van der Waals surface area contributed by atoms with Crippen LogP contribution in [0.3, 0.4) is 0 Å². The summed E-state index contributed by atoms with van der Waals surface area (Å²) in [6.07, 6.45) is -16.0. The quantitative estimate of drug-likeness (QED) is 0.0449. The molecule has 20 nitrogen and oxygen atoms in total. The van der Waals surface area contributed by atoms with Crippen molar-refractivity contribution in [3.05, 3.63) is 12.2 Å². The van der Waals surface area contributed by atoms with Crippen LogP contribution in [0.2, 0.25) is 0 Å². The van der Waals surface area contributed by atoms with Gasteiger partial charge in [-0.25, -0.2) is 4.89 Å². The van der Waals surface area contributed by atoms with Crippen LogP contribution in [0.4, 0.5) is 0 Å². The molecule has 68 heavy (non-hydrogen) atoms. The molecule has 3 heterocycles. The van der Waals surface area contributed by atoms with Gasteiger partial charge in [-0.1, -0.05) is 46.8 Å². The summed E-state index contributed by atoms with van der Waals surface area (Å²) in [5.74, 6) is -0.483. The van der Waals surface area contributed by atoms with Crippen molar-refractivity contribution < 1.29 is 99.8 Å². The Kier molecular flexibility index (Phi) is 16.1. The third-order valence-corrected chi connectivity index (χ3v) is 18.9. The number of aliphatic hydroxyl groups excluding tert-OH is 12. The summed E-state index contributed by atoms with van der Waals surface area (Å²) in [5.41, 5.74) is -3.73. The molecule has 4 aliphatic carbocycles. The van der Waals surface area contributed by atoms with Crippen LogP contribution in [0.1, 0.15) is 107 Å². The lowest BCUT2D eigenvalue weighted by Crippen LogP contribution is -2.68. The maximum absolute atomic E-state index is 12.7. The van der Waals surface area contributed by atoms with Crippen molar-refractivity contribution >= 4 is 0 Å². The minimum atomic E-state index is -1.81. The highest BCUT2D eigenvalue weighted by Gasteiger charge is 2.72. The topological polar surface area (TPSA) is 328 Å². The van der Waals surface area contributed by atoms with Gasteiger partial charge < -0.3 is 89.7 Å². The van der Waals surface area contributed by atoms with Gasteiger partial charge in [0.05, 0.1) is 37.6 Å². The molecule has 0 bridgehead atoms. The first-order valence-corrected chi connectivity index (χ1v) is 24.6. The van der Waals surface area contributed by atoms with Gasteiger partial charge in [0.1, 0.15) is 78.8 Å². The summed E-state index contributed by atoms with van der Waals surface area (Å²) < 4.78 is 37.1. The van der Waals surface area contributed by atoms with Gasteiger partial charge in [0, 0.05) is 0 Å². The summed E-state index contributed by atoms with van der Waals surface area (Å²) in [4.78, 5) is 4.67. The second kappa shape index (κ2) is 20.0. The Bertz CT molecular complexity index is 1730. The molecule has 7 fully saturated rings. The van der Waals surface area contributed by atoms with E-state index in [4.69, 9.17) is 28.4 Å². The fourth-order valence-corrected chi connectivity index (χ4v) is 14.8. The van der Waals surface area contributed by atoms with Gasteiger partial charge in [0.15, 0.2) is 18.9 Å². The number of fused-ring (bicyclic) bond motifs is 5. The molecule has 0 amide bonds. The van der Waals surface area contributed by atoms with Gasteiger partial charge in [-0.15, -0.1) is 0 Å². The van der Waals surface area contributed by atoms with Crippen LogP contribution in [-0.2, 0) is 33.3 Å². The summed E-state index contributed by atoms with van der Waals surface area (Å²) in [6, 6.07) is 0. The molecule has 0 aromatic heterocycles. The van der Waals surface area contributed by atoms with Crippen LogP contribution in [0.15, 0.2) is 12.2 Å². The van der Waals surface area contributed by atoms with Gasteiger partial charge in [-0.2, -0.15) is 0 Å². The van der Waals surface area contributed by atoms with E-state index in [0.717, 1.165) is 19.3 Å². The largest absolute Gasteiger partial charge is 0.394 e. The average molecular weight is 979 g/mol. The monoisotopic (exact) mass is 979 g/mol. The first kappa shape index (κ1) is 54.7. The van der Waals surface area contributed by atoms with Crippen molar-refractivity contribution in [1.29, 1.82) is 0 Å². The molecule has 13 N–H and O–H groups in total. The van der Waals surface area contributed by atoms with Crippen molar-refractivity contribution in [3.63, 3.8) is 0 Å². The van der Waals surface area contributed by atoms with Crippen molar-refractivity contribution in [1.82, 2.24) is 0 Å². The minimum absolute atomic E-state index is 0.0490. The lowest BCUT2D eigenvalue weighted by molar-refractivity contribution is -0.378. The number of hydrogen-bond acceptors (Lipinski definition) is 20. The lowest BCUT2D eigenvalue weighted by Gasteiger charge is -2.71. The van der Waals surface area contributed by atoms with Crippen LogP contribution in [0, 0.1) is 45.3 Å². The van der Waals surface area contributed by atoms with E-state index in [2.05, 4.69) is 39.5 Å². The highest BCUT2D eigenvalue weighted by atomic mass is 17.1. The molecule has 4 saturated carbocycles. The molecule has 25 atom stereocenters. The van der Waals surface area contributed by atoms with Gasteiger partial charge in [-0.05, 0) is 117 Å². The van der Waals surface area contributed by atoms with E-state index >= 15 is 0 Å². The molecule has 7 aliphatic rings. The van der Waals surface area contributed by atoms with Gasteiger partial charge >= 0.3 is 0 Å². The SMILES string of the molecule is CC(C)(/C=C/C[C@](C)(O[C@@H]1O[C@H](CO)[C@@H](O)[C@H](O)[C@H]1O)[C@H]1CC[C@]2(C)[C@@H]1[C@H](O)C[C@@H]1[C@@]3(C)CC[C@H](O[C@@H]4O[C@H](CO)[C@@H](O)[C@H](O)[C@H]4O[C@@H]4O[C@H](CO)[C@@H](O)[C@H](O)[C@H]4O)C(C)(C)[C@H]3CC[C@]12C)OO. The van der Waals surface area contributed by atoms with Crippen molar-refractivity contribution in [2.24, 2.45) is 45.3 Å². The van der Waals surface area contributed by atoms with Crippen LogP contribution in [0.25, 0.3) is 0 Å². The number of rotatable bonds is 14. The van der Waals surface area contributed by atoms with Crippen LogP contribution in [0.5, 0.6) is 0 Å². The lowest BCUT2D eigenvalue weighted by atomic mass is 9.35. The molecular formula is C48H82O20. The van der Waals surface area contributed by atoms with E-state index in [0.29, 0.717) is 25.7 Å². The zero-order valence-corrected chi connectivity index (χ0v) is 40.7. The molecule has 0 aromatic carbocycles. The number of hydrogen-bond donors (Lipinski definition) is 13. The van der Waals surface area contributed by atoms with E-state index < -0.39 is 146 Å². The van der Waals surface area contributed by atoms with Crippen LogP contribution in [-0.4, -0.2) is 202 Å². The second-order valence-electron chi connectivity index (χ2n) is 23.4. The predicted octanol–water partition coefficient (Wildman–Crippen LogP) is -0.559. The third-order valence-electron chi connectivity index (χ3n) is 18.9. The smallest absolute Gasteiger partial charge is 0.187 e. The summed E-state index contributed by atoms with van der Waals surface area (Å²) in [5, 5.41) is 139. The zero-order chi connectivity index (χ0) is 50.3. The third kappa shape index (κ3) is 9.19. The maximum atomic E-state index is 12.7. The average Bonchev–Trinajstić information content (AvgIpc) is 3.68. The molecule has 394 valence electrons. The van der Waals surface area contributed by atoms with Crippen LogP contribution >= 0.6 is 0 Å². The van der Waals surface area contributed by atoms with Crippen molar-refractivity contribution in [3.8, 4) is 0 Å². The number of ether oxygens (including phenoxy) is 6. The molecule has 0 aromatic rings. The van der Waals surface area contributed by atoms with Gasteiger partial charge in [-0.3, -0.25) is 5.26 Å². The molecule has 7 rings (SSSR count). The second-order valence-corrected chi connectivity index (χ2v) is 23.4. The fourth-order valence-electron chi connectivity index (χ4n) is 14.8. The fraction of sp³-hybridized carbons (Fsp3) is 0.958. The van der Waals surface area contributed by atoms with Crippen molar-refractivity contribution in [2.75, 3.05) is 19.8 Å². The molecule has 0 spiro atoms. The van der Waals surface area contributed by atoms with Crippen molar-refractivity contribution in [2.45, 2.75) is 222 Å². The molecule has 0 unspecified atom stereocenters. The Labute approximate surface area is 398 Å². The van der Waals surface area contributed by atoms with E-state index in [1.165, 1.54) is 0 Å². The summed E-state index contributed by atoms with van der Waals surface area (Å²) >= 11 is 0. The molecule has 3 saturated heterocycles. The Hall–Kier alpha value is -1.06. The van der Waals surface area contributed by atoms with E-state index in [9.17, 15) is 66.5 Å². The predicted molar refractivity (Wildman–Crippen MR) is 236 cm³/mol. The molecule has 0 radical (unpaired) electrons. The highest BCUT2D eigenvalue weighted by Crippen LogP contribution is 2.76. The maximum Gasteiger partial charge on any atom is 0.187 e. The first-order valence-electron chi connectivity index (χ1n) is 24.6.